The van der Waals surface area contributed by atoms with Crippen LogP contribution in [0, 0.1) is 0 Å². The fraction of sp³-hybridized carbons (Fsp3) is 0.111. The molecule has 1 aromatic carbocycles. The molecule has 1 aromatic rings. The van der Waals surface area contributed by atoms with Gasteiger partial charge in [0.25, 0.3) is 0 Å². The minimum absolute atomic E-state index is 0.235. The Morgan fingerprint density at radius 1 is 1.54 bits per heavy atom. The number of rotatable bonds is 4. The fourth-order valence-corrected chi connectivity index (χ4v) is 3.36. The number of para-hydroxylation sites is 1. The topological polar surface area (TPSA) is 29.5 Å². The first kappa shape index (κ1) is 10.2. The molecule has 0 saturated carbocycles. The molecule has 4 heteroatoms. The molecule has 0 aliphatic rings. The van der Waals surface area contributed by atoms with E-state index in [9.17, 15) is 5.11 Å². The van der Waals surface area contributed by atoms with Crippen molar-refractivity contribution in [1.82, 2.24) is 0 Å². The van der Waals surface area contributed by atoms with Crippen LogP contribution >= 0.6 is 0 Å². The van der Waals surface area contributed by atoms with Gasteiger partial charge in [-0.1, -0.05) is 24.3 Å². The van der Waals surface area contributed by atoms with E-state index in [1.807, 2.05) is 24.3 Å². The number of phenols is 1. The van der Waals surface area contributed by atoms with Crippen LogP contribution in [0.3, 0.4) is 0 Å². The molecule has 0 aliphatic heterocycles. The van der Waals surface area contributed by atoms with E-state index in [1.54, 1.807) is 6.07 Å². The zero-order valence-electron chi connectivity index (χ0n) is 7.73. The molecule has 0 amide bonds. The van der Waals surface area contributed by atoms with Crippen molar-refractivity contribution < 1.29 is 9.22 Å². The van der Waals surface area contributed by atoms with Crippen molar-refractivity contribution in [2.24, 2.45) is 0 Å². The van der Waals surface area contributed by atoms with E-state index in [2.05, 4.69) is 6.58 Å². The number of allylic oxidation sites excluding steroid dienone is 1. The van der Waals surface area contributed by atoms with E-state index in [4.69, 9.17) is 4.12 Å². The third-order valence-electron chi connectivity index (χ3n) is 1.97. The second kappa shape index (κ2) is 5.01. The van der Waals surface area contributed by atoms with Crippen molar-refractivity contribution >= 4 is 20.2 Å². The Labute approximate surface area is 83.7 Å². The lowest BCUT2D eigenvalue weighted by molar-refractivity contribution is 0.468. The zero-order chi connectivity index (χ0) is 9.68. The van der Waals surface area contributed by atoms with Crippen LogP contribution in [-0.2, 0) is 4.12 Å². The number of aromatic hydroxyl groups is 1. The van der Waals surface area contributed by atoms with Gasteiger partial charge in [0, 0.05) is 5.54 Å². The highest BCUT2D eigenvalue weighted by Crippen LogP contribution is 2.25. The minimum atomic E-state index is -0.600. The van der Waals surface area contributed by atoms with Gasteiger partial charge in [-0.25, -0.2) is 0 Å². The number of hydrogen-bond donors (Lipinski definition) is 1. The first-order valence-electron chi connectivity index (χ1n) is 4.19. The molecule has 1 unspecified atom stereocenters. The van der Waals surface area contributed by atoms with Gasteiger partial charge in [0.15, 0.2) is 9.76 Å². The summed E-state index contributed by atoms with van der Waals surface area (Å²) in [7, 11) is 0.172. The maximum atomic E-state index is 9.57. The van der Waals surface area contributed by atoms with E-state index in [0.29, 0.717) is 5.75 Å². The van der Waals surface area contributed by atoms with Gasteiger partial charge in [0.1, 0.15) is 16.2 Å². The van der Waals surface area contributed by atoms with Crippen LogP contribution in [0.2, 0.25) is 0 Å². The van der Waals surface area contributed by atoms with E-state index < -0.39 is 9.76 Å². The molecule has 1 rings (SSSR count). The van der Waals surface area contributed by atoms with Gasteiger partial charge in [-0.05, 0) is 11.6 Å². The van der Waals surface area contributed by atoms with Gasteiger partial charge in [0.2, 0.25) is 0 Å². The monoisotopic (exact) mass is 210 g/mol. The summed E-state index contributed by atoms with van der Waals surface area (Å²) < 4.78 is 5.30. The Kier molecular flexibility index (Phi) is 3.94. The van der Waals surface area contributed by atoms with Crippen molar-refractivity contribution in [3.05, 3.63) is 42.5 Å². The molecule has 0 fully saturated rings. The normalized spacial score (nSPS) is 13.5. The molecule has 0 heterocycles. The molecular weight excluding hydrogens is 196 g/mol. The van der Waals surface area contributed by atoms with Crippen molar-refractivity contribution in [1.29, 1.82) is 0 Å². The van der Waals surface area contributed by atoms with Crippen molar-refractivity contribution in [2.45, 2.75) is 5.54 Å². The minimum Gasteiger partial charge on any atom is -0.508 e. The predicted octanol–water partition coefficient (Wildman–Crippen LogP) is 0.0001000. The fourth-order valence-electron chi connectivity index (χ4n) is 1.27. The van der Waals surface area contributed by atoms with Gasteiger partial charge < -0.3 is 9.22 Å². The summed E-state index contributed by atoms with van der Waals surface area (Å²) in [4.78, 5) is 0. The third kappa shape index (κ3) is 2.55. The molecule has 13 heavy (non-hydrogen) atoms. The van der Waals surface area contributed by atoms with Crippen LogP contribution in [0.15, 0.2) is 36.9 Å². The molecule has 0 aliphatic carbocycles. The Bertz CT molecular complexity index is 289. The van der Waals surface area contributed by atoms with Gasteiger partial charge in [-0.15, -0.1) is 6.58 Å². The highest BCUT2D eigenvalue weighted by molar-refractivity contribution is 6.37. The van der Waals surface area contributed by atoms with Gasteiger partial charge in [-0.2, -0.15) is 0 Å². The van der Waals surface area contributed by atoms with Crippen LogP contribution in [0.1, 0.15) is 11.1 Å². The Morgan fingerprint density at radius 3 is 2.77 bits per heavy atom. The van der Waals surface area contributed by atoms with Crippen molar-refractivity contribution in [3.8, 4) is 5.75 Å². The highest BCUT2D eigenvalue weighted by Gasteiger charge is 2.10. The average molecular weight is 210 g/mol. The SMILES string of the molecule is C=CC([SiH2]O[SiH3])c1ccccc1O. The Balaban J connectivity index is 2.90. The highest BCUT2D eigenvalue weighted by atomic mass is 28.3. The summed E-state index contributed by atoms with van der Waals surface area (Å²) in [6.07, 6.45) is 1.86. The summed E-state index contributed by atoms with van der Waals surface area (Å²) >= 11 is 0. The Hall–Kier alpha value is -0.846. The Morgan fingerprint density at radius 2 is 2.23 bits per heavy atom. The first-order valence-corrected chi connectivity index (χ1v) is 6.40. The number of hydrogen-bond acceptors (Lipinski definition) is 2. The molecular formula is C9H14O2Si2. The molecule has 0 aromatic heterocycles. The predicted molar refractivity (Wildman–Crippen MR) is 60.6 cm³/mol. The van der Waals surface area contributed by atoms with Crippen LogP contribution in [-0.4, -0.2) is 25.4 Å². The maximum Gasteiger partial charge on any atom is 0.157 e. The molecule has 70 valence electrons. The molecule has 2 nitrogen and oxygen atoms in total. The van der Waals surface area contributed by atoms with Gasteiger partial charge in [-0.3, -0.25) is 0 Å². The zero-order valence-corrected chi connectivity index (χ0v) is 11.1. The van der Waals surface area contributed by atoms with E-state index in [0.717, 1.165) is 16.0 Å². The summed E-state index contributed by atoms with van der Waals surface area (Å²) in [5.41, 5.74) is 1.18. The molecule has 0 radical (unpaired) electrons. The van der Waals surface area contributed by atoms with Crippen molar-refractivity contribution in [3.63, 3.8) is 0 Å². The second-order valence-corrected chi connectivity index (χ2v) is 6.38. The van der Waals surface area contributed by atoms with Crippen LogP contribution < -0.4 is 0 Å². The third-order valence-corrected chi connectivity index (χ3v) is 4.43. The van der Waals surface area contributed by atoms with E-state index >= 15 is 0 Å². The molecule has 1 N–H and O–H groups in total. The molecule has 0 spiro atoms. The number of phenolic OH excluding ortho intramolecular Hbond substituents is 1. The largest absolute Gasteiger partial charge is 0.508 e. The lowest BCUT2D eigenvalue weighted by Gasteiger charge is -2.12. The summed E-state index contributed by atoms with van der Waals surface area (Å²) in [6.45, 7) is 3.76. The van der Waals surface area contributed by atoms with E-state index in [1.165, 1.54) is 0 Å². The quantitative estimate of drug-likeness (QED) is 0.560. The van der Waals surface area contributed by atoms with Gasteiger partial charge in [0.05, 0.1) is 0 Å². The second-order valence-electron chi connectivity index (χ2n) is 2.86. The van der Waals surface area contributed by atoms with Crippen LogP contribution in [0.5, 0.6) is 5.75 Å². The summed E-state index contributed by atoms with van der Waals surface area (Å²) in [6, 6.07) is 7.37. The lowest BCUT2D eigenvalue weighted by Crippen LogP contribution is -2.08. The van der Waals surface area contributed by atoms with Crippen LogP contribution in [0.25, 0.3) is 0 Å². The summed E-state index contributed by atoms with van der Waals surface area (Å²) in [5.74, 6) is 0.346. The van der Waals surface area contributed by atoms with Gasteiger partial charge >= 0.3 is 0 Å². The number of benzene rings is 1. The maximum absolute atomic E-state index is 9.57. The molecule has 0 bridgehead atoms. The molecule has 1 atom stereocenters. The molecule has 0 saturated heterocycles. The van der Waals surface area contributed by atoms with Crippen LogP contribution in [0.4, 0.5) is 0 Å². The smallest absolute Gasteiger partial charge is 0.157 e. The lowest BCUT2D eigenvalue weighted by atomic mass is 10.1. The summed E-state index contributed by atoms with van der Waals surface area (Å²) in [5, 5.41) is 9.57. The first-order chi connectivity index (χ1) is 6.29. The van der Waals surface area contributed by atoms with Crippen molar-refractivity contribution in [2.75, 3.05) is 0 Å². The standard InChI is InChI=1S/C9H14O2Si2/c1-2-9(13-11-12)7-5-3-4-6-8(7)10/h2-6,9-10H,1,13H2,12H3. The van der Waals surface area contributed by atoms with E-state index in [-0.39, 0.29) is 5.54 Å². The average Bonchev–Trinajstić information content (AvgIpc) is 2.16.